The maximum Gasteiger partial charge on any atom is 0.122 e. The average Bonchev–Trinajstić information content (AvgIpc) is 2.47. The molecule has 2 N–H and O–H groups in total. The van der Waals surface area contributed by atoms with E-state index in [0.717, 1.165) is 16.9 Å². The molecule has 0 saturated carbocycles. The monoisotopic (exact) mass is 309 g/mol. The van der Waals surface area contributed by atoms with Gasteiger partial charge in [0.2, 0.25) is 0 Å². The molecule has 4 heteroatoms. The molecule has 1 atom stereocenters. The van der Waals surface area contributed by atoms with Gasteiger partial charge in [0, 0.05) is 16.0 Å². The van der Waals surface area contributed by atoms with E-state index in [4.69, 9.17) is 33.7 Å². The maximum atomic E-state index is 6.24. The molecule has 0 aliphatic carbocycles. The summed E-state index contributed by atoms with van der Waals surface area (Å²) in [6.45, 7) is 0.502. The van der Waals surface area contributed by atoms with Crippen molar-refractivity contribution in [2.45, 2.75) is 12.3 Å². The Morgan fingerprint density at radius 2 is 1.70 bits per heavy atom. The summed E-state index contributed by atoms with van der Waals surface area (Å²) >= 11 is 12.5. The van der Waals surface area contributed by atoms with E-state index < -0.39 is 0 Å². The molecule has 1 unspecified atom stereocenters. The van der Waals surface area contributed by atoms with Gasteiger partial charge in [-0.25, -0.2) is 0 Å². The predicted octanol–water partition coefficient (Wildman–Crippen LogP) is 4.29. The van der Waals surface area contributed by atoms with E-state index in [-0.39, 0.29) is 5.92 Å². The van der Waals surface area contributed by atoms with Crippen LogP contribution in [0.5, 0.6) is 5.75 Å². The number of para-hydroxylation sites is 1. The van der Waals surface area contributed by atoms with Gasteiger partial charge in [-0.05, 0) is 42.3 Å². The smallest absolute Gasteiger partial charge is 0.122 e. The minimum Gasteiger partial charge on any atom is -0.496 e. The molecule has 0 fully saturated rings. The zero-order valence-corrected chi connectivity index (χ0v) is 12.8. The summed E-state index contributed by atoms with van der Waals surface area (Å²) in [5, 5.41) is 1.34. The number of benzene rings is 2. The highest BCUT2D eigenvalue weighted by Crippen LogP contribution is 2.33. The van der Waals surface area contributed by atoms with Crippen molar-refractivity contribution in [2.24, 2.45) is 5.73 Å². The van der Waals surface area contributed by atoms with E-state index in [1.807, 2.05) is 42.5 Å². The first-order valence-electron chi connectivity index (χ1n) is 6.43. The van der Waals surface area contributed by atoms with Crippen LogP contribution in [0.15, 0.2) is 42.5 Å². The van der Waals surface area contributed by atoms with E-state index in [1.165, 1.54) is 0 Å². The highest BCUT2D eigenvalue weighted by molar-refractivity contribution is 6.36. The van der Waals surface area contributed by atoms with Gasteiger partial charge in [0.1, 0.15) is 5.75 Å². The standard InChI is InChI=1S/C16H17Cl2NO/c1-20-16-8-3-2-5-12(16)11(10-19)9-13-14(17)6-4-7-15(13)18/h2-8,11H,9-10,19H2,1H3. The first kappa shape index (κ1) is 15.2. The summed E-state index contributed by atoms with van der Waals surface area (Å²) < 4.78 is 5.40. The van der Waals surface area contributed by atoms with Crippen molar-refractivity contribution in [2.75, 3.05) is 13.7 Å². The molecule has 2 nitrogen and oxygen atoms in total. The van der Waals surface area contributed by atoms with Gasteiger partial charge in [-0.1, -0.05) is 47.5 Å². The van der Waals surface area contributed by atoms with E-state index in [0.29, 0.717) is 23.0 Å². The van der Waals surface area contributed by atoms with Crippen LogP contribution in [0.4, 0.5) is 0 Å². The lowest BCUT2D eigenvalue weighted by molar-refractivity contribution is 0.405. The van der Waals surface area contributed by atoms with Crippen molar-refractivity contribution >= 4 is 23.2 Å². The van der Waals surface area contributed by atoms with Gasteiger partial charge in [-0.3, -0.25) is 0 Å². The van der Waals surface area contributed by atoms with Crippen LogP contribution in [-0.4, -0.2) is 13.7 Å². The molecular formula is C16H17Cl2NO. The number of nitrogens with two attached hydrogens (primary N) is 1. The highest BCUT2D eigenvalue weighted by atomic mass is 35.5. The first-order valence-corrected chi connectivity index (χ1v) is 7.18. The number of hydrogen-bond acceptors (Lipinski definition) is 2. The number of rotatable bonds is 5. The lowest BCUT2D eigenvalue weighted by atomic mass is 9.91. The lowest BCUT2D eigenvalue weighted by Gasteiger charge is -2.19. The zero-order chi connectivity index (χ0) is 14.5. The number of ether oxygens (including phenoxy) is 1. The Kier molecular flexibility index (Phi) is 5.30. The fraction of sp³-hybridized carbons (Fsp3) is 0.250. The molecular weight excluding hydrogens is 293 g/mol. The Morgan fingerprint density at radius 3 is 2.30 bits per heavy atom. The van der Waals surface area contributed by atoms with Gasteiger partial charge in [0.15, 0.2) is 0 Å². The van der Waals surface area contributed by atoms with Crippen LogP contribution >= 0.6 is 23.2 Å². The molecule has 0 radical (unpaired) electrons. The van der Waals surface area contributed by atoms with Crippen LogP contribution in [0.3, 0.4) is 0 Å². The second kappa shape index (κ2) is 6.98. The minimum absolute atomic E-state index is 0.114. The van der Waals surface area contributed by atoms with Crippen molar-refractivity contribution in [3.63, 3.8) is 0 Å². The van der Waals surface area contributed by atoms with Crippen LogP contribution in [-0.2, 0) is 6.42 Å². The maximum absolute atomic E-state index is 6.24. The molecule has 0 aromatic heterocycles. The molecule has 106 valence electrons. The second-order valence-electron chi connectivity index (χ2n) is 4.58. The fourth-order valence-corrected chi connectivity index (χ4v) is 2.85. The van der Waals surface area contributed by atoms with Crippen molar-refractivity contribution in [1.29, 1.82) is 0 Å². The molecule has 2 rings (SSSR count). The van der Waals surface area contributed by atoms with Crippen LogP contribution in [0, 0.1) is 0 Å². The van der Waals surface area contributed by atoms with E-state index in [2.05, 4.69) is 0 Å². The molecule has 20 heavy (non-hydrogen) atoms. The summed E-state index contributed by atoms with van der Waals surface area (Å²) in [5.41, 5.74) is 7.94. The van der Waals surface area contributed by atoms with Crippen molar-refractivity contribution in [3.05, 3.63) is 63.6 Å². The largest absolute Gasteiger partial charge is 0.496 e. The van der Waals surface area contributed by atoms with Gasteiger partial charge in [-0.2, -0.15) is 0 Å². The molecule has 0 saturated heterocycles. The summed E-state index contributed by atoms with van der Waals surface area (Å²) in [6, 6.07) is 13.4. The van der Waals surface area contributed by atoms with Crippen molar-refractivity contribution in [1.82, 2.24) is 0 Å². The SMILES string of the molecule is COc1ccccc1C(CN)Cc1c(Cl)cccc1Cl. The zero-order valence-electron chi connectivity index (χ0n) is 11.3. The fourth-order valence-electron chi connectivity index (χ4n) is 2.30. The summed E-state index contributed by atoms with van der Waals surface area (Å²) in [7, 11) is 1.66. The van der Waals surface area contributed by atoms with E-state index >= 15 is 0 Å². The number of methoxy groups -OCH3 is 1. The van der Waals surface area contributed by atoms with Crippen LogP contribution in [0.25, 0.3) is 0 Å². The third-order valence-electron chi connectivity index (χ3n) is 3.38. The minimum atomic E-state index is 0.114. The quantitative estimate of drug-likeness (QED) is 0.894. The van der Waals surface area contributed by atoms with Gasteiger partial charge in [0.05, 0.1) is 7.11 Å². The van der Waals surface area contributed by atoms with E-state index in [1.54, 1.807) is 7.11 Å². The number of halogens is 2. The average molecular weight is 310 g/mol. The lowest BCUT2D eigenvalue weighted by Crippen LogP contribution is -2.16. The van der Waals surface area contributed by atoms with Gasteiger partial charge >= 0.3 is 0 Å². The predicted molar refractivity (Wildman–Crippen MR) is 85.0 cm³/mol. The second-order valence-corrected chi connectivity index (χ2v) is 5.39. The first-order chi connectivity index (χ1) is 9.67. The van der Waals surface area contributed by atoms with Gasteiger partial charge < -0.3 is 10.5 Å². The molecule has 0 aliphatic rings. The summed E-state index contributed by atoms with van der Waals surface area (Å²) in [4.78, 5) is 0. The molecule has 0 amide bonds. The highest BCUT2D eigenvalue weighted by Gasteiger charge is 2.18. The van der Waals surface area contributed by atoms with Gasteiger partial charge in [0.25, 0.3) is 0 Å². The molecule has 0 aliphatic heterocycles. The normalized spacial score (nSPS) is 12.2. The molecule has 2 aromatic rings. The van der Waals surface area contributed by atoms with Crippen molar-refractivity contribution in [3.8, 4) is 5.75 Å². The number of hydrogen-bond donors (Lipinski definition) is 1. The Bertz CT molecular complexity index is 566. The van der Waals surface area contributed by atoms with Crippen LogP contribution in [0.2, 0.25) is 10.0 Å². The van der Waals surface area contributed by atoms with Crippen LogP contribution in [0.1, 0.15) is 17.0 Å². The summed E-state index contributed by atoms with van der Waals surface area (Å²) in [5.74, 6) is 0.953. The molecule has 0 bridgehead atoms. The van der Waals surface area contributed by atoms with E-state index in [9.17, 15) is 0 Å². The molecule has 0 spiro atoms. The topological polar surface area (TPSA) is 35.2 Å². The van der Waals surface area contributed by atoms with Crippen molar-refractivity contribution < 1.29 is 4.74 Å². The Morgan fingerprint density at radius 1 is 1.05 bits per heavy atom. The third-order valence-corrected chi connectivity index (χ3v) is 4.08. The molecule has 0 heterocycles. The van der Waals surface area contributed by atoms with Crippen LogP contribution < -0.4 is 10.5 Å². The Balaban J connectivity index is 2.34. The van der Waals surface area contributed by atoms with Gasteiger partial charge in [-0.15, -0.1) is 0 Å². The third kappa shape index (κ3) is 3.26. The Labute approximate surface area is 129 Å². The Hall–Kier alpha value is -1.22. The summed E-state index contributed by atoms with van der Waals surface area (Å²) in [6.07, 6.45) is 0.690. The molecule has 2 aromatic carbocycles.